The van der Waals surface area contributed by atoms with Gasteiger partial charge < -0.3 is 10.0 Å². The van der Waals surface area contributed by atoms with E-state index < -0.39 is 5.97 Å². The molecule has 0 saturated heterocycles. The van der Waals surface area contributed by atoms with Crippen LogP contribution in [0, 0.1) is 5.82 Å². The summed E-state index contributed by atoms with van der Waals surface area (Å²) in [7, 11) is 1.75. The SMILES string of the molecule is CN(CCC(=O)O)Cc1ccc(Cl)cc1F. The molecule has 5 heteroatoms. The van der Waals surface area contributed by atoms with Crippen LogP contribution in [0.1, 0.15) is 12.0 Å². The molecular formula is C11H13ClFNO2. The van der Waals surface area contributed by atoms with Gasteiger partial charge in [0.05, 0.1) is 6.42 Å². The highest BCUT2D eigenvalue weighted by molar-refractivity contribution is 6.30. The molecule has 0 aromatic heterocycles. The van der Waals surface area contributed by atoms with E-state index in [0.717, 1.165) is 0 Å². The second kappa shape index (κ2) is 5.82. The first-order valence-electron chi connectivity index (χ1n) is 4.83. The summed E-state index contributed by atoms with van der Waals surface area (Å²) in [5, 5.41) is 8.86. The molecule has 0 atom stereocenters. The van der Waals surface area contributed by atoms with Crippen LogP contribution in [-0.2, 0) is 11.3 Å². The van der Waals surface area contributed by atoms with Crippen LogP contribution in [0.15, 0.2) is 18.2 Å². The Morgan fingerprint density at radius 2 is 2.25 bits per heavy atom. The van der Waals surface area contributed by atoms with Crippen LogP contribution < -0.4 is 0 Å². The first kappa shape index (κ1) is 12.9. The molecule has 0 fully saturated rings. The van der Waals surface area contributed by atoms with Crippen LogP contribution in [0.4, 0.5) is 4.39 Å². The Kier molecular flexibility index (Phi) is 4.71. The molecule has 1 aromatic rings. The Morgan fingerprint density at radius 3 is 2.81 bits per heavy atom. The van der Waals surface area contributed by atoms with Crippen molar-refractivity contribution in [1.29, 1.82) is 0 Å². The highest BCUT2D eigenvalue weighted by Crippen LogP contribution is 2.15. The van der Waals surface area contributed by atoms with Crippen molar-refractivity contribution < 1.29 is 14.3 Å². The zero-order valence-electron chi connectivity index (χ0n) is 8.91. The molecule has 0 radical (unpaired) electrons. The van der Waals surface area contributed by atoms with Crippen molar-refractivity contribution in [1.82, 2.24) is 4.90 Å². The second-order valence-corrected chi connectivity index (χ2v) is 4.05. The van der Waals surface area contributed by atoms with Gasteiger partial charge in [0.25, 0.3) is 0 Å². The van der Waals surface area contributed by atoms with Gasteiger partial charge in [-0.25, -0.2) is 4.39 Å². The Bertz CT molecular complexity index is 384. The molecule has 0 saturated carbocycles. The lowest BCUT2D eigenvalue weighted by Gasteiger charge is -2.15. The van der Waals surface area contributed by atoms with Crippen molar-refractivity contribution in [2.75, 3.05) is 13.6 Å². The highest BCUT2D eigenvalue weighted by atomic mass is 35.5. The Hall–Kier alpha value is -1.13. The van der Waals surface area contributed by atoms with Crippen LogP contribution in [-0.4, -0.2) is 29.6 Å². The van der Waals surface area contributed by atoms with Crippen molar-refractivity contribution in [2.24, 2.45) is 0 Å². The molecule has 0 unspecified atom stereocenters. The van der Waals surface area contributed by atoms with Gasteiger partial charge in [0.15, 0.2) is 0 Å². The summed E-state index contributed by atoms with van der Waals surface area (Å²) in [5.41, 5.74) is 0.511. The van der Waals surface area contributed by atoms with E-state index in [2.05, 4.69) is 0 Å². The van der Waals surface area contributed by atoms with E-state index >= 15 is 0 Å². The first-order chi connectivity index (χ1) is 7.49. The predicted octanol–water partition coefficient (Wildman–Crippen LogP) is 2.39. The normalized spacial score (nSPS) is 10.8. The quantitative estimate of drug-likeness (QED) is 0.866. The average Bonchev–Trinajstić information content (AvgIpc) is 2.19. The molecule has 1 rings (SSSR count). The van der Waals surface area contributed by atoms with Crippen molar-refractivity contribution in [3.63, 3.8) is 0 Å². The van der Waals surface area contributed by atoms with Crippen molar-refractivity contribution >= 4 is 17.6 Å². The smallest absolute Gasteiger partial charge is 0.304 e. The van der Waals surface area contributed by atoms with Crippen molar-refractivity contribution in [3.05, 3.63) is 34.6 Å². The lowest BCUT2D eigenvalue weighted by Crippen LogP contribution is -2.21. The first-order valence-corrected chi connectivity index (χ1v) is 5.21. The van der Waals surface area contributed by atoms with Gasteiger partial charge in [0.1, 0.15) is 5.82 Å². The van der Waals surface area contributed by atoms with Gasteiger partial charge in [-0.15, -0.1) is 0 Å². The molecule has 0 spiro atoms. The number of hydrogen-bond acceptors (Lipinski definition) is 2. The standard InChI is InChI=1S/C11H13ClFNO2/c1-14(5-4-11(15)16)7-8-2-3-9(12)6-10(8)13/h2-3,6H,4-5,7H2,1H3,(H,15,16). The number of carboxylic acids is 1. The number of rotatable bonds is 5. The Labute approximate surface area is 98.4 Å². The number of aliphatic carboxylic acids is 1. The number of halogens is 2. The molecule has 1 aromatic carbocycles. The molecule has 1 N–H and O–H groups in total. The lowest BCUT2D eigenvalue weighted by molar-refractivity contribution is -0.137. The van der Waals surface area contributed by atoms with Gasteiger partial charge in [-0.2, -0.15) is 0 Å². The van der Waals surface area contributed by atoms with E-state index in [-0.39, 0.29) is 12.2 Å². The molecule has 3 nitrogen and oxygen atoms in total. The third kappa shape index (κ3) is 4.16. The summed E-state index contributed by atoms with van der Waals surface area (Å²) >= 11 is 5.62. The Balaban J connectivity index is 2.55. The summed E-state index contributed by atoms with van der Waals surface area (Å²) in [5.74, 6) is -1.22. The molecule has 88 valence electrons. The maximum absolute atomic E-state index is 13.4. The number of benzene rings is 1. The van der Waals surface area contributed by atoms with E-state index in [4.69, 9.17) is 16.7 Å². The Morgan fingerprint density at radius 1 is 1.56 bits per heavy atom. The van der Waals surface area contributed by atoms with Gasteiger partial charge in [0.2, 0.25) is 0 Å². The second-order valence-electron chi connectivity index (χ2n) is 3.62. The molecule has 0 heterocycles. The molecule has 16 heavy (non-hydrogen) atoms. The lowest BCUT2D eigenvalue weighted by atomic mass is 10.2. The van der Waals surface area contributed by atoms with Crippen LogP contribution >= 0.6 is 11.6 Å². The van der Waals surface area contributed by atoms with E-state index in [1.807, 2.05) is 0 Å². The van der Waals surface area contributed by atoms with Gasteiger partial charge in [-0.3, -0.25) is 4.79 Å². The summed E-state index contributed by atoms with van der Waals surface area (Å²) in [6.07, 6.45) is 0.0473. The molecule has 0 bridgehead atoms. The minimum Gasteiger partial charge on any atom is -0.481 e. The average molecular weight is 246 g/mol. The molecule has 0 aliphatic heterocycles. The zero-order chi connectivity index (χ0) is 12.1. The predicted molar refractivity (Wildman–Crippen MR) is 60.0 cm³/mol. The van der Waals surface area contributed by atoms with E-state index in [1.54, 1.807) is 24.1 Å². The van der Waals surface area contributed by atoms with Crippen LogP contribution in [0.3, 0.4) is 0 Å². The van der Waals surface area contributed by atoms with Crippen molar-refractivity contribution in [2.45, 2.75) is 13.0 Å². The van der Waals surface area contributed by atoms with Crippen LogP contribution in [0.25, 0.3) is 0 Å². The number of carboxylic acid groups (broad SMARTS) is 1. The summed E-state index contributed by atoms with van der Waals surface area (Å²) < 4.78 is 13.4. The maximum atomic E-state index is 13.4. The monoisotopic (exact) mass is 245 g/mol. The largest absolute Gasteiger partial charge is 0.481 e. The minimum absolute atomic E-state index is 0.0473. The minimum atomic E-state index is -0.858. The number of carbonyl (C=O) groups is 1. The molecule has 0 aliphatic rings. The van der Waals surface area contributed by atoms with Crippen LogP contribution in [0.5, 0.6) is 0 Å². The van der Waals surface area contributed by atoms with Gasteiger partial charge >= 0.3 is 5.97 Å². The zero-order valence-corrected chi connectivity index (χ0v) is 9.67. The fraction of sp³-hybridized carbons (Fsp3) is 0.364. The van der Waals surface area contributed by atoms with E-state index in [1.165, 1.54) is 6.07 Å². The van der Waals surface area contributed by atoms with Gasteiger partial charge in [-0.05, 0) is 19.2 Å². The summed E-state index contributed by atoms with van der Waals surface area (Å²) in [6.45, 7) is 0.758. The third-order valence-corrected chi connectivity index (χ3v) is 2.40. The molecule has 0 aliphatic carbocycles. The van der Waals surface area contributed by atoms with E-state index in [0.29, 0.717) is 23.7 Å². The molecular weight excluding hydrogens is 233 g/mol. The number of nitrogens with zero attached hydrogens (tertiary/aromatic N) is 1. The molecule has 0 amide bonds. The van der Waals surface area contributed by atoms with Gasteiger partial charge in [0, 0.05) is 23.7 Å². The van der Waals surface area contributed by atoms with Gasteiger partial charge in [-0.1, -0.05) is 17.7 Å². The van der Waals surface area contributed by atoms with Crippen molar-refractivity contribution in [3.8, 4) is 0 Å². The fourth-order valence-corrected chi connectivity index (χ4v) is 1.47. The topological polar surface area (TPSA) is 40.5 Å². The summed E-state index contributed by atoms with van der Waals surface area (Å²) in [4.78, 5) is 12.1. The fourth-order valence-electron chi connectivity index (χ4n) is 1.31. The van der Waals surface area contributed by atoms with E-state index in [9.17, 15) is 9.18 Å². The maximum Gasteiger partial charge on any atom is 0.304 e. The van der Waals surface area contributed by atoms with Crippen LogP contribution in [0.2, 0.25) is 5.02 Å². The summed E-state index contributed by atoms with van der Waals surface area (Å²) in [6, 6.07) is 4.47. The highest BCUT2D eigenvalue weighted by Gasteiger charge is 2.07. The third-order valence-electron chi connectivity index (χ3n) is 2.16. The number of hydrogen-bond donors (Lipinski definition) is 1.